The molecule has 10 heteroatoms. The van der Waals surface area contributed by atoms with E-state index in [1.165, 1.54) is 18.2 Å². The van der Waals surface area contributed by atoms with Crippen molar-refractivity contribution in [3.63, 3.8) is 0 Å². The molecule has 2 aromatic heterocycles. The molecule has 0 fully saturated rings. The summed E-state index contributed by atoms with van der Waals surface area (Å²) in [6.07, 6.45) is -3.19. The van der Waals surface area contributed by atoms with Crippen molar-refractivity contribution in [2.24, 2.45) is 0 Å². The summed E-state index contributed by atoms with van der Waals surface area (Å²) in [5.41, 5.74) is 0.874. The molecule has 0 aliphatic carbocycles. The first kappa shape index (κ1) is 16.1. The number of esters is 1. The molecule has 0 bridgehead atoms. The number of halogens is 3. The van der Waals surface area contributed by atoms with E-state index in [0.29, 0.717) is 20.6 Å². The molecule has 0 N–H and O–H groups in total. The van der Waals surface area contributed by atoms with Gasteiger partial charge in [-0.2, -0.15) is 22.8 Å². The van der Waals surface area contributed by atoms with Gasteiger partial charge in [-0.15, -0.1) is 10.2 Å². The summed E-state index contributed by atoms with van der Waals surface area (Å²) in [5.74, 6) is -1.69. The molecule has 124 valence electrons. The third-order valence-electron chi connectivity index (χ3n) is 2.94. The van der Waals surface area contributed by atoms with E-state index in [2.05, 4.69) is 21.9 Å². The van der Waals surface area contributed by atoms with Crippen molar-refractivity contribution in [2.45, 2.75) is 6.18 Å². The molecule has 0 aliphatic rings. The molecule has 0 radical (unpaired) electrons. The van der Waals surface area contributed by atoms with Crippen LogP contribution in [0.2, 0.25) is 0 Å². The topological polar surface area (TPSA) is 69.4 Å². The van der Waals surface area contributed by atoms with E-state index in [4.69, 9.17) is 4.74 Å². The van der Waals surface area contributed by atoms with Gasteiger partial charge in [0, 0.05) is 5.56 Å². The maximum atomic E-state index is 12.8. The van der Waals surface area contributed by atoms with E-state index < -0.39 is 18.0 Å². The van der Waals surface area contributed by atoms with Gasteiger partial charge in [0.1, 0.15) is 11.6 Å². The van der Waals surface area contributed by atoms with Crippen molar-refractivity contribution in [3.8, 4) is 10.6 Å². The smallest absolute Gasteiger partial charge is 0.453 e. The van der Waals surface area contributed by atoms with E-state index >= 15 is 0 Å². The Hall–Kier alpha value is -2.75. The van der Waals surface area contributed by atoms with E-state index in [-0.39, 0.29) is 11.6 Å². The molecular formula is C14H9F3N4O2S. The van der Waals surface area contributed by atoms with Gasteiger partial charge in [0.25, 0.3) is 5.82 Å². The quantitative estimate of drug-likeness (QED) is 0.531. The maximum absolute atomic E-state index is 12.8. The van der Waals surface area contributed by atoms with Crippen molar-refractivity contribution < 1.29 is 22.7 Å². The lowest BCUT2D eigenvalue weighted by Gasteiger charge is -2.02. The lowest BCUT2D eigenvalue weighted by molar-refractivity contribution is -0.146. The molecule has 0 saturated carbocycles. The van der Waals surface area contributed by atoms with Crippen molar-refractivity contribution in [3.05, 3.63) is 48.3 Å². The average Bonchev–Trinajstić information content (AvgIpc) is 3.12. The number of aromatic nitrogens is 4. The van der Waals surface area contributed by atoms with Crippen LogP contribution in [0.1, 0.15) is 16.2 Å². The van der Waals surface area contributed by atoms with Crippen molar-refractivity contribution in [2.75, 3.05) is 6.61 Å². The SMILES string of the molecule is C=CCOC(=O)c1ccc(-c2nn3c(C(F)(F)F)nnc3s2)cc1. The van der Waals surface area contributed by atoms with Gasteiger partial charge < -0.3 is 4.74 Å². The zero-order chi connectivity index (χ0) is 17.3. The lowest BCUT2D eigenvalue weighted by Crippen LogP contribution is -2.11. The number of benzene rings is 1. The van der Waals surface area contributed by atoms with Gasteiger partial charge >= 0.3 is 12.1 Å². The number of hydrogen-bond donors (Lipinski definition) is 0. The predicted molar refractivity (Wildman–Crippen MR) is 79.6 cm³/mol. The second-order valence-corrected chi connectivity index (χ2v) is 5.54. The zero-order valence-electron chi connectivity index (χ0n) is 11.9. The summed E-state index contributed by atoms with van der Waals surface area (Å²) < 4.78 is 43.9. The molecule has 3 rings (SSSR count). The van der Waals surface area contributed by atoms with Crippen LogP contribution >= 0.6 is 11.3 Å². The maximum Gasteiger partial charge on any atom is 0.453 e. The minimum Gasteiger partial charge on any atom is -0.458 e. The zero-order valence-corrected chi connectivity index (χ0v) is 12.8. The summed E-state index contributed by atoms with van der Waals surface area (Å²) in [7, 11) is 0. The Morgan fingerprint density at radius 1 is 1.29 bits per heavy atom. The van der Waals surface area contributed by atoms with Gasteiger partial charge in [0.2, 0.25) is 4.96 Å². The lowest BCUT2D eigenvalue weighted by atomic mass is 10.1. The van der Waals surface area contributed by atoms with Crippen LogP contribution in [0.3, 0.4) is 0 Å². The van der Waals surface area contributed by atoms with Crippen LogP contribution in [-0.4, -0.2) is 32.4 Å². The Bertz CT molecular complexity index is 899. The average molecular weight is 354 g/mol. The van der Waals surface area contributed by atoms with E-state index in [0.717, 1.165) is 11.3 Å². The number of carbonyl (C=O) groups excluding carboxylic acids is 1. The molecular weight excluding hydrogens is 345 g/mol. The van der Waals surface area contributed by atoms with Crippen molar-refractivity contribution >= 4 is 22.3 Å². The summed E-state index contributed by atoms with van der Waals surface area (Å²) >= 11 is 0.964. The number of rotatable bonds is 4. The fourth-order valence-electron chi connectivity index (χ4n) is 1.88. The summed E-state index contributed by atoms with van der Waals surface area (Å²) in [5, 5.41) is 10.8. The first-order valence-corrected chi connectivity index (χ1v) is 7.39. The van der Waals surface area contributed by atoms with E-state index in [1.54, 1.807) is 12.1 Å². The number of hydrogen-bond acceptors (Lipinski definition) is 6. The van der Waals surface area contributed by atoms with Gasteiger partial charge in [-0.1, -0.05) is 36.1 Å². The van der Waals surface area contributed by atoms with Crippen LogP contribution in [0.25, 0.3) is 15.5 Å². The molecule has 24 heavy (non-hydrogen) atoms. The Morgan fingerprint density at radius 2 is 2.00 bits per heavy atom. The van der Waals surface area contributed by atoms with Crippen molar-refractivity contribution in [1.29, 1.82) is 0 Å². The minimum absolute atomic E-state index is 0.0341. The fourth-order valence-corrected chi connectivity index (χ4v) is 2.72. The molecule has 1 aromatic carbocycles. The predicted octanol–water partition coefficient (Wildman–Crippen LogP) is 3.21. The Morgan fingerprint density at radius 3 is 2.62 bits per heavy atom. The van der Waals surface area contributed by atoms with Crippen LogP contribution in [0.15, 0.2) is 36.9 Å². The second-order valence-electron chi connectivity index (χ2n) is 4.59. The third-order valence-corrected chi connectivity index (χ3v) is 3.89. The first-order chi connectivity index (χ1) is 11.4. The Kier molecular flexibility index (Phi) is 4.06. The summed E-state index contributed by atoms with van der Waals surface area (Å²) in [6, 6.07) is 6.16. The van der Waals surface area contributed by atoms with Crippen LogP contribution in [-0.2, 0) is 10.9 Å². The summed E-state index contributed by atoms with van der Waals surface area (Å²) in [6.45, 7) is 3.54. The minimum atomic E-state index is -4.64. The number of nitrogens with zero attached hydrogens (tertiary/aromatic N) is 4. The highest BCUT2D eigenvalue weighted by atomic mass is 32.1. The van der Waals surface area contributed by atoms with Crippen molar-refractivity contribution in [1.82, 2.24) is 19.8 Å². The monoisotopic (exact) mass is 354 g/mol. The molecule has 2 heterocycles. The molecule has 0 atom stereocenters. The Labute approximate surface area is 137 Å². The molecule has 6 nitrogen and oxygen atoms in total. The van der Waals surface area contributed by atoms with Gasteiger partial charge in [-0.25, -0.2) is 4.79 Å². The van der Waals surface area contributed by atoms with Gasteiger partial charge in [-0.3, -0.25) is 0 Å². The highest BCUT2D eigenvalue weighted by Crippen LogP contribution is 2.31. The van der Waals surface area contributed by atoms with Gasteiger partial charge in [0.15, 0.2) is 0 Å². The van der Waals surface area contributed by atoms with Gasteiger partial charge in [0.05, 0.1) is 5.56 Å². The highest BCUT2D eigenvalue weighted by Gasteiger charge is 2.38. The molecule has 3 aromatic rings. The molecule has 0 unspecified atom stereocenters. The number of ether oxygens (including phenoxy) is 1. The molecule has 0 amide bonds. The second kappa shape index (κ2) is 6.04. The Balaban J connectivity index is 1.89. The number of fused-ring (bicyclic) bond motifs is 1. The number of carbonyl (C=O) groups is 1. The van der Waals surface area contributed by atoms with Crippen LogP contribution < -0.4 is 0 Å². The molecule has 0 saturated heterocycles. The van der Waals surface area contributed by atoms with Gasteiger partial charge in [-0.05, 0) is 12.1 Å². The van der Waals surface area contributed by atoms with Crippen LogP contribution in [0.4, 0.5) is 13.2 Å². The highest BCUT2D eigenvalue weighted by molar-refractivity contribution is 7.19. The van der Waals surface area contributed by atoms with Crippen LogP contribution in [0.5, 0.6) is 0 Å². The van der Waals surface area contributed by atoms with E-state index in [9.17, 15) is 18.0 Å². The normalized spacial score (nSPS) is 11.6. The first-order valence-electron chi connectivity index (χ1n) is 6.58. The van der Waals surface area contributed by atoms with Crippen LogP contribution in [0, 0.1) is 0 Å². The van der Waals surface area contributed by atoms with E-state index in [1.807, 2.05) is 0 Å². The third kappa shape index (κ3) is 3.00. The number of alkyl halides is 3. The largest absolute Gasteiger partial charge is 0.458 e. The summed E-state index contributed by atoms with van der Waals surface area (Å²) in [4.78, 5) is 11.7. The molecule has 0 aliphatic heterocycles. The fraction of sp³-hybridized carbons (Fsp3) is 0.143. The standard InChI is InChI=1S/C14H9F3N4O2S/c1-2-7-23-11(22)9-5-3-8(4-6-9)10-20-21-12(14(15,16)17)18-19-13(21)24-10/h2-6H,1,7H2. The molecule has 0 spiro atoms.